The molecule has 0 amide bonds. The van der Waals surface area contributed by atoms with Crippen molar-refractivity contribution in [3.05, 3.63) is 0 Å². The van der Waals surface area contributed by atoms with Crippen LogP contribution in [0.2, 0.25) is 0 Å². The van der Waals surface area contributed by atoms with E-state index in [4.69, 9.17) is 0 Å². The van der Waals surface area contributed by atoms with Crippen LogP contribution in [-0.4, -0.2) is 51.0 Å². The van der Waals surface area contributed by atoms with E-state index in [-0.39, 0.29) is 34.5 Å². The summed E-state index contributed by atoms with van der Waals surface area (Å²) in [6.45, 7) is 32.7. The number of nitrogens with zero attached hydrogens (tertiary/aromatic N) is 2. The molecule has 0 aliphatic heterocycles. The highest BCUT2D eigenvalue weighted by Gasteiger charge is 2.35. The Morgan fingerprint density at radius 3 is 0.960 bits per heavy atom. The van der Waals surface area contributed by atoms with Crippen molar-refractivity contribution in [2.24, 2.45) is 0 Å². The second-order valence-electron chi connectivity index (χ2n) is 11.6. The summed E-state index contributed by atoms with van der Waals surface area (Å²) in [4.78, 5) is 5.12. The Labute approximate surface area is 159 Å². The first-order valence-corrected chi connectivity index (χ1v) is 9.83. The Balaban J connectivity index is 5.56. The Hall–Kier alpha value is -0.160. The van der Waals surface area contributed by atoms with Gasteiger partial charge in [-0.1, -0.05) is 0 Å². The molecule has 4 heteroatoms. The van der Waals surface area contributed by atoms with Gasteiger partial charge in [-0.15, -0.1) is 0 Å². The largest absolute Gasteiger partial charge is 0.297 e. The SMILES string of the molecule is CC(NC(C)(C)C)N(CN(C(C)NC(C)(C)C)C(C)(C)C)C(C)(C)C. The average molecular weight is 357 g/mol. The van der Waals surface area contributed by atoms with Crippen molar-refractivity contribution in [3.8, 4) is 0 Å². The predicted octanol–water partition coefficient (Wildman–Crippen LogP) is 4.61. The van der Waals surface area contributed by atoms with E-state index >= 15 is 0 Å². The predicted molar refractivity (Wildman–Crippen MR) is 113 cm³/mol. The molecule has 0 rings (SSSR count). The lowest BCUT2D eigenvalue weighted by atomic mass is 10.0. The monoisotopic (exact) mass is 356 g/mol. The van der Waals surface area contributed by atoms with Crippen LogP contribution in [0.1, 0.15) is 96.9 Å². The van der Waals surface area contributed by atoms with E-state index in [1.54, 1.807) is 0 Å². The molecule has 152 valence electrons. The zero-order valence-corrected chi connectivity index (χ0v) is 19.8. The fraction of sp³-hybridized carbons (Fsp3) is 1.00. The standard InChI is InChI=1S/C21H48N4/c1-16(22-18(3,4)5)24(20(9,10)11)15-25(21(12,13)14)17(2)23-19(6,7)8/h16-17,22-23H,15H2,1-14H3. The summed E-state index contributed by atoms with van der Waals surface area (Å²) in [5.41, 5.74) is 0.320. The highest BCUT2D eigenvalue weighted by atomic mass is 15.5. The quantitative estimate of drug-likeness (QED) is 0.680. The smallest absolute Gasteiger partial charge is 0.0588 e. The van der Waals surface area contributed by atoms with Crippen molar-refractivity contribution < 1.29 is 0 Å². The Kier molecular flexibility index (Phi) is 8.19. The maximum Gasteiger partial charge on any atom is 0.0588 e. The van der Waals surface area contributed by atoms with Crippen LogP contribution in [0.3, 0.4) is 0 Å². The van der Waals surface area contributed by atoms with Crippen molar-refractivity contribution in [2.45, 2.75) is 131 Å². The van der Waals surface area contributed by atoms with Gasteiger partial charge in [0.1, 0.15) is 0 Å². The lowest BCUT2D eigenvalue weighted by Crippen LogP contribution is -2.65. The van der Waals surface area contributed by atoms with Crippen LogP contribution in [0.15, 0.2) is 0 Å². The van der Waals surface area contributed by atoms with Crippen LogP contribution in [0, 0.1) is 0 Å². The van der Waals surface area contributed by atoms with Gasteiger partial charge in [-0.2, -0.15) is 0 Å². The fourth-order valence-corrected chi connectivity index (χ4v) is 3.40. The summed E-state index contributed by atoms with van der Waals surface area (Å²) in [6.07, 6.45) is 0.568. The van der Waals surface area contributed by atoms with Gasteiger partial charge in [-0.25, -0.2) is 0 Å². The van der Waals surface area contributed by atoms with Gasteiger partial charge in [0.05, 0.1) is 19.0 Å². The van der Waals surface area contributed by atoms with Crippen LogP contribution >= 0.6 is 0 Å². The van der Waals surface area contributed by atoms with Gasteiger partial charge in [0.25, 0.3) is 0 Å². The molecule has 4 nitrogen and oxygen atoms in total. The first-order chi connectivity index (χ1) is 10.7. The topological polar surface area (TPSA) is 30.5 Å². The molecule has 2 unspecified atom stereocenters. The molecule has 0 aromatic carbocycles. The molecular weight excluding hydrogens is 308 g/mol. The van der Waals surface area contributed by atoms with E-state index in [9.17, 15) is 0 Å². The Morgan fingerprint density at radius 1 is 0.560 bits per heavy atom. The maximum atomic E-state index is 3.75. The molecule has 0 spiro atoms. The van der Waals surface area contributed by atoms with Crippen molar-refractivity contribution >= 4 is 0 Å². The molecule has 0 aliphatic carbocycles. The highest BCUT2D eigenvalue weighted by molar-refractivity contribution is 4.89. The highest BCUT2D eigenvalue weighted by Crippen LogP contribution is 2.24. The van der Waals surface area contributed by atoms with Crippen LogP contribution < -0.4 is 10.6 Å². The van der Waals surface area contributed by atoms with Crippen molar-refractivity contribution in [1.29, 1.82) is 0 Å². The molecule has 0 radical (unpaired) electrons. The zero-order valence-electron chi connectivity index (χ0n) is 19.8. The summed E-state index contributed by atoms with van der Waals surface area (Å²) < 4.78 is 0. The Bertz CT molecular complexity index is 352. The molecule has 0 aromatic rings. The molecule has 2 N–H and O–H groups in total. The second-order valence-corrected chi connectivity index (χ2v) is 11.6. The van der Waals surface area contributed by atoms with Gasteiger partial charge in [0, 0.05) is 22.2 Å². The summed E-state index contributed by atoms with van der Waals surface area (Å²) in [6, 6.07) is 0. The summed E-state index contributed by atoms with van der Waals surface area (Å²) in [5, 5.41) is 7.50. The van der Waals surface area contributed by atoms with Gasteiger partial charge >= 0.3 is 0 Å². The number of hydrogen-bond donors (Lipinski definition) is 2. The third kappa shape index (κ3) is 9.93. The molecule has 0 aliphatic rings. The van der Waals surface area contributed by atoms with E-state index in [2.05, 4.69) is 117 Å². The van der Waals surface area contributed by atoms with Crippen LogP contribution in [0.25, 0.3) is 0 Å². The third-order valence-electron chi connectivity index (χ3n) is 4.25. The van der Waals surface area contributed by atoms with Gasteiger partial charge in [0.2, 0.25) is 0 Å². The minimum Gasteiger partial charge on any atom is -0.297 e. The molecular formula is C21H48N4. The zero-order chi connectivity index (χ0) is 20.4. The maximum absolute atomic E-state index is 3.75. The lowest BCUT2D eigenvalue weighted by molar-refractivity contribution is -0.0540. The fourth-order valence-electron chi connectivity index (χ4n) is 3.40. The normalized spacial score (nSPS) is 17.3. The average Bonchev–Trinajstić information content (AvgIpc) is 2.19. The lowest BCUT2D eigenvalue weighted by Gasteiger charge is -2.50. The minimum atomic E-state index is 0.0720. The molecule has 0 fully saturated rings. The Morgan fingerprint density at radius 2 is 0.800 bits per heavy atom. The first kappa shape index (κ1) is 24.8. The molecule has 0 heterocycles. The van der Waals surface area contributed by atoms with E-state index in [0.717, 1.165) is 6.67 Å². The number of rotatable bonds is 6. The molecule has 2 atom stereocenters. The van der Waals surface area contributed by atoms with E-state index in [1.807, 2.05) is 0 Å². The van der Waals surface area contributed by atoms with Gasteiger partial charge in [-0.3, -0.25) is 20.4 Å². The van der Waals surface area contributed by atoms with Crippen LogP contribution in [0.5, 0.6) is 0 Å². The van der Waals surface area contributed by atoms with Gasteiger partial charge in [0.15, 0.2) is 0 Å². The van der Waals surface area contributed by atoms with Crippen molar-refractivity contribution in [2.75, 3.05) is 6.67 Å². The molecule has 25 heavy (non-hydrogen) atoms. The van der Waals surface area contributed by atoms with E-state index in [0.29, 0.717) is 0 Å². The summed E-state index contributed by atoms with van der Waals surface area (Å²) >= 11 is 0. The van der Waals surface area contributed by atoms with E-state index in [1.165, 1.54) is 0 Å². The molecule has 0 aromatic heterocycles. The number of nitrogens with one attached hydrogen (secondary N) is 2. The van der Waals surface area contributed by atoms with Crippen LogP contribution in [-0.2, 0) is 0 Å². The molecule has 0 saturated heterocycles. The van der Waals surface area contributed by atoms with E-state index < -0.39 is 0 Å². The van der Waals surface area contributed by atoms with Crippen molar-refractivity contribution in [3.63, 3.8) is 0 Å². The van der Waals surface area contributed by atoms with Gasteiger partial charge in [-0.05, 0) is 96.9 Å². The van der Waals surface area contributed by atoms with Crippen molar-refractivity contribution in [1.82, 2.24) is 20.4 Å². The van der Waals surface area contributed by atoms with Crippen LogP contribution in [0.4, 0.5) is 0 Å². The second kappa shape index (κ2) is 8.24. The molecule has 0 saturated carbocycles. The number of hydrogen-bond acceptors (Lipinski definition) is 4. The van der Waals surface area contributed by atoms with Gasteiger partial charge < -0.3 is 0 Å². The third-order valence-corrected chi connectivity index (χ3v) is 4.25. The summed E-state index contributed by atoms with van der Waals surface area (Å²) in [7, 11) is 0. The minimum absolute atomic E-state index is 0.0720. The summed E-state index contributed by atoms with van der Waals surface area (Å²) in [5.74, 6) is 0. The first-order valence-electron chi connectivity index (χ1n) is 9.83. The molecule has 0 bridgehead atoms.